The van der Waals surface area contributed by atoms with Gasteiger partial charge in [-0.15, -0.1) is 11.3 Å². The number of β-amino-alcohol motifs (C(OH)–C–C–N with tert-alkyl or cyclic N) is 1. The number of quaternary nitrogens is 1. The van der Waals surface area contributed by atoms with E-state index < -0.39 is 0 Å². The number of Topliss-reactive ketones (excluding diaryl/α,β-unsaturated/α-hetero) is 1. The van der Waals surface area contributed by atoms with Crippen molar-refractivity contribution >= 4 is 23.2 Å². The van der Waals surface area contributed by atoms with Gasteiger partial charge in [0.05, 0.1) is 25.3 Å². The molecule has 2 N–H and O–H groups in total. The number of aliphatic hydroxyl groups excluding tert-OH is 1. The number of piperazine rings is 1. The third-order valence-corrected chi connectivity index (χ3v) is 5.94. The highest BCUT2D eigenvalue weighted by Crippen LogP contribution is 2.38. The van der Waals surface area contributed by atoms with E-state index in [4.69, 9.17) is 9.84 Å². The normalized spacial score (nSPS) is 19.4. The summed E-state index contributed by atoms with van der Waals surface area (Å²) in [5.74, 6) is 0.467. The SMILES string of the molecule is O=C1/C(=C/c2cccs2)Oc2c1ccc([O-])c2C[NH+]1CCN(CCO)CC1. The first kappa shape index (κ1) is 18.2. The van der Waals surface area contributed by atoms with Gasteiger partial charge >= 0.3 is 0 Å². The van der Waals surface area contributed by atoms with Crippen LogP contribution in [0.1, 0.15) is 20.8 Å². The molecule has 1 aromatic heterocycles. The number of allylic oxidation sites excluding steroid dienone is 1. The van der Waals surface area contributed by atoms with Gasteiger partial charge in [-0.25, -0.2) is 0 Å². The van der Waals surface area contributed by atoms with Crippen LogP contribution < -0.4 is 14.7 Å². The van der Waals surface area contributed by atoms with Crippen LogP contribution in [0.15, 0.2) is 35.4 Å². The van der Waals surface area contributed by atoms with Gasteiger partial charge in [0.1, 0.15) is 12.3 Å². The highest BCUT2D eigenvalue weighted by Gasteiger charge is 2.31. The summed E-state index contributed by atoms with van der Waals surface area (Å²) >= 11 is 1.53. The molecule has 1 aromatic carbocycles. The molecule has 0 radical (unpaired) electrons. The number of hydrogen-bond donors (Lipinski definition) is 2. The second-order valence-electron chi connectivity index (χ2n) is 6.87. The number of aliphatic hydroxyl groups is 1. The molecule has 0 bridgehead atoms. The smallest absolute Gasteiger partial charge is 0.232 e. The highest BCUT2D eigenvalue weighted by molar-refractivity contribution is 7.10. The van der Waals surface area contributed by atoms with Crippen molar-refractivity contribution < 1.29 is 24.6 Å². The Morgan fingerprint density at radius 3 is 2.81 bits per heavy atom. The Bertz CT molecular complexity index is 855. The summed E-state index contributed by atoms with van der Waals surface area (Å²) < 4.78 is 5.87. The molecule has 0 unspecified atom stereocenters. The quantitative estimate of drug-likeness (QED) is 0.715. The summed E-state index contributed by atoms with van der Waals surface area (Å²) in [5, 5.41) is 23.5. The van der Waals surface area contributed by atoms with E-state index in [-0.39, 0.29) is 23.9 Å². The molecule has 0 spiro atoms. The number of fused-ring (bicyclic) bond motifs is 1. The van der Waals surface area contributed by atoms with Gasteiger partial charge in [-0.2, -0.15) is 0 Å². The topological polar surface area (TPSA) is 77.3 Å². The monoisotopic (exact) mass is 386 g/mol. The Morgan fingerprint density at radius 1 is 1.30 bits per heavy atom. The molecule has 142 valence electrons. The number of thiophene rings is 1. The number of carbonyl (C=O) groups excluding carboxylic acids is 1. The van der Waals surface area contributed by atoms with Crippen molar-refractivity contribution in [2.45, 2.75) is 6.54 Å². The Balaban J connectivity index is 1.54. The van der Waals surface area contributed by atoms with Gasteiger partial charge < -0.3 is 19.8 Å². The standard InChI is InChI=1S/C20H22N2O4S/c23-10-9-21-5-7-22(8-6-21)13-16-17(24)4-3-15-19(25)18(26-20(15)16)12-14-2-1-11-27-14/h1-4,11-12,23-24H,5-10,13H2/b18-12-. The summed E-state index contributed by atoms with van der Waals surface area (Å²) in [4.78, 5) is 17.1. The zero-order chi connectivity index (χ0) is 18.8. The number of nitrogens with one attached hydrogen (secondary N) is 1. The van der Waals surface area contributed by atoms with Gasteiger partial charge in [0, 0.05) is 36.2 Å². The molecule has 0 aliphatic carbocycles. The zero-order valence-electron chi connectivity index (χ0n) is 14.9. The third-order valence-electron chi connectivity index (χ3n) is 5.12. The lowest BCUT2D eigenvalue weighted by Gasteiger charge is -2.32. The lowest BCUT2D eigenvalue weighted by molar-refractivity contribution is -0.918. The van der Waals surface area contributed by atoms with Crippen LogP contribution in [-0.4, -0.2) is 55.1 Å². The molecule has 2 aliphatic rings. The van der Waals surface area contributed by atoms with Crippen molar-refractivity contribution in [3.63, 3.8) is 0 Å². The van der Waals surface area contributed by atoms with Crippen molar-refractivity contribution in [2.24, 2.45) is 0 Å². The molecule has 1 fully saturated rings. The van der Waals surface area contributed by atoms with Gasteiger partial charge in [0.15, 0.2) is 5.76 Å². The molecular formula is C20H22N2O4S. The predicted octanol–water partition coefficient (Wildman–Crippen LogP) is 0.131. The Labute approximate surface area is 161 Å². The first-order chi connectivity index (χ1) is 13.2. The van der Waals surface area contributed by atoms with Crippen molar-refractivity contribution in [3.05, 3.63) is 51.4 Å². The summed E-state index contributed by atoms with van der Waals surface area (Å²) in [7, 11) is 0. The van der Waals surface area contributed by atoms with Crippen molar-refractivity contribution in [2.75, 3.05) is 39.3 Å². The average molecular weight is 386 g/mol. The van der Waals surface area contributed by atoms with Gasteiger partial charge in [0.25, 0.3) is 0 Å². The first-order valence-corrected chi connectivity index (χ1v) is 10.0. The van der Waals surface area contributed by atoms with Crippen LogP contribution in [0.2, 0.25) is 0 Å². The van der Waals surface area contributed by atoms with E-state index in [1.807, 2.05) is 17.5 Å². The van der Waals surface area contributed by atoms with Crippen LogP contribution in [0.25, 0.3) is 6.08 Å². The van der Waals surface area contributed by atoms with E-state index in [0.717, 1.165) is 31.1 Å². The van der Waals surface area contributed by atoms with Crippen molar-refractivity contribution in [1.29, 1.82) is 0 Å². The van der Waals surface area contributed by atoms with E-state index in [1.54, 1.807) is 12.1 Å². The minimum atomic E-state index is -0.164. The minimum Gasteiger partial charge on any atom is -0.872 e. The van der Waals surface area contributed by atoms with Crippen LogP contribution in [0.4, 0.5) is 0 Å². The van der Waals surface area contributed by atoms with Crippen LogP contribution in [0, 0.1) is 0 Å². The number of ketones is 1. The van der Waals surface area contributed by atoms with E-state index in [9.17, 15) is 9.90 Å². The Kier molecular flexibility index (Phi) is 5.27. The molecule has 2 aliphatic heterocycles. The molecule has 0 atom stereocenters. The van der Waals surface area contributed by atoms with Crippen LogP contribution in [0.3, 0.4) is 0 Å². The molecule has 4 rings (SSSR count). The Hall–Kier alpha value is -2.19. The number of benzene rings is 1. The van der Waals surface area contributed by atoms with Crippen molar-refractivity contribution in [1.82, 2.24) is 4.90 Å². The molecule has 3 heterocycles. The van der Waals surface area contributed by atoms with Crippen LogP contribution in [-0.2, 0) is 6.54 Å². The molecular weight excluding hydrogens is 364 g/mol. The van der Waals surface area contributed by atoms with E-state index in [2.05, 4.69) is 4.90 Å². The van der Waals surface area contributed by atoms with E-state index >= 15 is 0 Å². The number of rotatable bonds is 5. The maximum absolute atomic E-state index is 12.7. The summed E-state index contributed by atoms with van der Waals surface area (Å²) in [6.07, 6.45) is 1.74. The largest absolute Gasteiger partial charge is 0.872 e. The molecule has 0 saturated carbocycles. The second-order valence-corrected chi connectivity index (χ2v) is 7.85. The molecule has 1 saturated heterocycles. The summed E-state index contributed by atoms with van der Waals surface area (Å²) in [5.41, 5.74) is 1.06. The van der Waals surface area contributed by atoms with Crippen LogP contribution >= 0.6 is 11.3 Å². The zero-order valence-corrected chi connectivity index (χ0v) is 15.8. The summed E-state index contributed by atoms with van der Waals surface area (Å²) in [6.45, 7) is 4.99. The predicted molar refractivity (Wildman–Crippen MR) is 101 cm³/mol. The fourth-order valence-corrected chi connectivity index (χ4v) is 4.27. The lowest BCUT2D eigenvalue weighted by Crippen LogP contribution is -3.13. The second kappa shape index (κ2) is 7.82. The van der Waals surface area contributed by atoms with Crippen molar-refractivity contribution in [3.8, 4) is 11.5 Å². The number of hydrogen-bond acceptors (Lipinski definition) is 6. The average Bonchev–Trinajstić information content (AvgIpc) is 3.28. The molecule has 2 aromatic rings. The summed E-state index contributed by atoms with van der Waals surface area (Å²) in [6, 6.07) is 6.90. The highest BCUT2D eigenvalue weighted by atomic mass is 32.1. The van der Waals surface area contributed by atoms with Crippen LogP contribution in [0.5, 0.6) is 11.5 Å². The number of carbonyl (C=O) groups is 1. The number of nitrogens with zero attached hydrogens (tertiary/aromatic N) is 1. The minimum absolute atomic E-state index is 0.0794. The van der Waals surface area contributed by atoms with Gasteiger partial charge in [-0.3, -0.25) is 9.69 Å². The van der Waals surface area contributed by atoms with E-state index in [1.165, 1.54) is 22.3 Å². The number of ether oxygens (including phenoxy) is 1. The first-order valence-electron chi connectivity index (χ1n) is 9.13. The third kappa shape index (κ3) is 3.77. The van der Waals surface area contributed by atoms with Gasteiger partial charge in [0.2, 0.25) is 5.78 Å². The molecule has 0 amide bonds. The molecule has 27 heavy (non-hydrogen) atoms. The fraction of sp³-hybridized carbons (Fsp3) is 0.350. The van der Waals surface area contributed by atoms with Gasteiger partial charge in [-0.1, -0.05) is 17.9 Å². The lowest BCUT2D eigenvalue weighted by atomic mass is 10.0. The maximum atomic E-state index is 12.7. The Morgan fingerprint density at radius 2 is 2.11 bits per heavy atom. The van der Waals surface area contributed by atoms with Gasteiger partial charge in [-0.05, 0) is 17.5 Å². The fourth-order valence-electron chi connectivity index (χ4n) is 3.62. The van der Waals surface area contributed by atoms with E-state index in [0.29, 0.717) is 30.0 Å². The molecule has 7 heteroatoms. The maximum Gasteiger partial charge on any atom is 0.232 e. The molecule has 6 nitrogen and oxygen atoms in total.